The Morgan fingerprint density at radius 3 is 2.55 bits per heavy atom. The predicted molar refractivity (Wildman–Crippen MR) is 91.7 cm³/mol. The Hall–Kier alpha value is -0.230. The van der Waals surface area contributed by atoms with Crippen molar-refractivity contribution >= 4 is 35.6 Å². The molecule has 4 nitrogen and oxygen atoms in total. The van der Waals surface area contributed by atoms with E-state index in [0.29, 0.717) is 22.3 Å². The van der Waals surface area contributed by atoms with Crippen LogP contribution in [0.4, 0.5) is 0 Å². The second-order valence-corrected chi connectivity index (χ2v) is 6.36. The van der Waals surface area contributed by atoms with Crippen molar-refractivity contribution in [2.75, 3.05) is 26.2 Å². The SMILES string of the molecule is CC1CN(CC(O)COc2ccc(Cl)cc2Cl)CC(C)O1.Cl. The fourth-order valence-electron chi connectivity index (χ4n) is 2.56. The molecule has 0 saturated carbocycles. The van der Waals surface area contributed by atoms with Crippen LogP contribution >= 0.6 is 35.6 Å². The van der Waals surface area contributed by atoms with Crippen molar-refractivity contribution in [3.63, 3.8) is 0 Å². The van der Waals surface area contributed by atoms with Crippen LogP contribution in [0.5, 0.6) is 5.75 Å². The van der Waals surface area contributed by atoms with Crippen molar-refractivity contribution in [2.45, 2.75) is 32.2 Å². The first-order chi connectivity index (χ1) is 9.94. The van der Waals surface area contributed by atoms with Gasteiger partial charge in [0.25, 0.3) is 0 Å². The number of ether oxygens (including phenoxy) is 2. The third-order valence-electron chi connectivity index (χ3n) is 3.29. The molecule has 1 N–H and O–H groups in total. The van der Waals surface area contributed by atoms with E-state index in [1.807, 2.05) is 13.8 Å². The zero-order chi connectivity index (χ0) is 15.4. The molecular formula is C15H22Cl3NO3. The quantitative estimate of drug-likeness (QED) is 0.864. The maximum absolute atomic E-state index is 10.1. The van der Waals surface area contributed by atoms with Gasteiger partial charge in [0.15, 0.2) is 0 Å². The highest BCUT2D eigenvalue weighted by Gasteiger charge is 2.24. The van der Waals surface area contributed by atoms with E-state index < -0.39 is 6.10 Å². The monoisotopic (exact) mass is 369 g/mol. The molecule has 0 amide bonds. The molecule has 0 aliphatic carbocycles. The Labute approximate surface area is 147 Å². The predicted octanol–water partition coefficient (Wildman–Crippen LogP) is 3.26. The van der Waals surface area contributed by atoms with Crippen molar-refractivity contribution in [3.8, 4) is 5.75 Å². The van der Waals surface area contributed by atoms with E-state index in [9.17, 15) is 5.11 Å². The molecule has 1 heterocycles. The summed E-state index contributed by atoms with van der Waals surface area (Å²) in [6.07, 6.45) is -0.200. The van der Waals surface area contributed by atoms with Gasteiger partial charge in [-0.05, 0) is 32.0 Å². The van der Waals surface area contributed by atoms with Crippen molar-refractivity contribution < 1.29 is 14.6 Å². The smallest absolute Gasteiger partial charge is 0.138 e. The number of rotatable bonds is 5. The van der Waals surface area contributed by atoms with Crippen molar-refractivity contribution in [1.29, 1.82) is 0 Å². The Morgan fingerprint density at radius 2 is 1.95 bits per heavy atom. The minimum atomic E-state index is -0.575. The van der Waals surface area contributed by atoms with Gasteiger partial charge in [0, 0.05) is 24.7 Å². The van der Waals surface area contributed by atoms with Crippen LogP contribution in [0.2, 0.25) is 10.0 Å². The van der Waals surface area contributed by atoms with Crippen LogP contribution in [-0.2, 0) is 4.74 Å². The molecule has 1 saturated heterocycles. The van der Waals surface area contributed by atoms with Crippen molar-refractivity contribution in [3.05, 3.63) is 28.2 Å². The van der Waals surface area contributed by atoms with E-state index in [0.717, 1.165) is 13.1 Å². The van der Waals surface area contributed by atoms with Crippen LogP contribution in [0.3, 0.4) is 0 Å². The van der Waals surface area contributed by atoms with Gasteiger partial charge in [-0.25, -0.2) is 0 Å². The largest absolute Gasteiger partial charge is 0.489 e. The average Bonchev–Trinajstić information content (AvgIpc) is 2.36. The van der Waals surface area contributed by atoms with Crippen LogP contribution in [0.25, 0.3) is 0 Å². The second-order valence-electron chi connectivity index (χ2n) is 5.52. The summed E-state index contributed by atoms with van der Waals surface area (Å²) in [6.45, 7) is 6.48. The molecule has 3 atom stereocenters. The Balaban J connectivity index is 0.00000242. The summed E-state index contributed by atoms with van der Waals surface area (Å²) in [5, 5.41) is 11.1. The molecule has 1 aromatic carbocycles. The van der Waals surface area contributed by atoms with Gasteiger partial charge in [0.2, 0.25) is 0 Å². The summed E-state index contributed by atoms with van der Waals surface area (Å²) in [4.78, 5) is 2.19. The average molecular weight is 371 g/mol. The standard InChI is InChI=1S/C15H21Cl2NO3.ClH/c1-10-6-18(7-11(2)21-10)8-13(19)9-20-15-4-3-12(16)5-14(15)17;/h3-5,10-11,13,19H,6-9H2,1-2H3;1H. The van der Waals surface area contributed by atoms with E-state index in [1.165, 1.54) is 0 Å². The molecule has 0 bridgehead atoms. The van der Waals surface area contributed by atoms with Gasteiger partial charge in [-0.3, -0.25) is 4.90 Å². The van der Waals surface area contributed by atoms with Gasteiger partial charge in [-0.1, -0.05) is 23.2 Å². The van der Waals surface area contributed by atoms with Crippen molar-refractivity contribution in [2.24, 2.45) is 0 Å². The molecule has 0 radical (unpaired) electrons. The molecule has 1 aliphatic heterocycles. The van der Waals surface area contributed by atoms with E-state index in [1.54, 1.807) is 18.2 Å². The lowest BCUT2D eigenvalue weighted by molar-refractivity contribution is -0.0786. The zero-order valence-corrected chi connectivity index (χ0v) is 15.0. The topological polar surface area (TPSA) is 41.9 Å². The Kier molecular flexibility index (Phi) is 8.25. The van der Waals surface area contributed by atoms with E-state index in [4.69, 9.17) is 32.7 Å². The maximum Gasteiger partial charge on any atom is 0.138 e. The number of morpholine rings is 1. The summed E-state index contributed by atoms with van der Waals surface area (Å²) < 4.78 is 11.2. The molecule has 7 heteroatoms. The summed E-state index contributed by atoms with van der Waals surface area (Å²) in [7, 11) is 0. The van der Waals surface area contributed by atoms with E-state index in [2.05, 4.69) is 4.90 Å². The fourth-order valence-corrected chi connectivity index (χ4v) is 3.03. The number of hydrogen-bond acceptors (Lipinski definition) is 4. The van der Waals surface area contributed by atoms with Gasteiger partial charge in [-0.15, -0.1) is 12.4 Å². The number of aliphatic hydroxyl groups excluding tert-OH is 1. The van der Waals surface area contributed by atoms with Crippen LogP contribution in [-0.4, -0.2) is 54.6 Å². The number of aliphatic hydroxyl groups is 1. The summed E-state index contributed by atoms with van der Waals surface area (Å²) in [5.74, 6) is 0.531. The van der Waals surface area contributed by atoms with Crippen LogP contribution < -0.4 is 4.74 Å². The number of benzene rings is 1. The number of nitrogens with zero attached hydrogens (tertiary/aromatic N) is 1. The first-order valence-corrected chi connectivity index (χ1v) is 7.83. The van der Waals surface area contributed by atoms with Gasteiger partial charge < -0.3 is 14.6 Å². The molecule has 0 spiro atoms. The highest BCUT2D eigenvalue weighted by Crippen LogP contribution is 2.27. The van der Waals surface area contributed by atoms with E-state index >= 15 is 0 Å². The van der Waals surface area contributed by atoms with Crippen LogP contribution in [0.15, 0.2) is 18.2 Å². The third kappa shape index (κ3) is 6.11. The van der Waals surface area contributed by atoms with E-state index in [-0.39, 0.29) is 31.2 Å². The molecule has 1 aromatic rings. The summed E-state index contributed by atoms with van der Waals surface area (Å²) in [6, 6.07) is 5.03. The zero-order valence-electron chi connectivity index (χ0n) is 12.7. The van der Waals surface area contributed by atoms with Gasteiger partial charge >= 0.3 is 0 Å². The van der Waals surface area contributed by atoms with Crippen LogP contribution in [0, 0.1) is 0 Å². The van der Waals surface area contributed by atoms with Crippen molar-refractivity contribution in [1.82, 2.24) is 4.90 Å². The minimum absolute atomic E-state index is 0. The lowest BCUT2D eigenvalue weighted by Crippen LogP contribution is -2.48. The second kappa shape index (κ2) is 9.16. The maximum atomic E-state index is 10.1. The first kappa shape index (κ1) is 19.8. The lowest BCUT2D eigenvalue weighted by Gasteiger charge is -2.36. The van der Waals surface area contributed by atoms with Crippen LogP contribution in [0.1, 0.15) is 13.8 Å². The molecule has 0 aromatic heterocycles. The number of halogens is 3. The van der Waals surface area contributed by atoms with Gasteiger partial charge in [0.1, 0.15) is 18.5 Å². The Bertz CT molecular complexity index is 465. The molecule has 126 valence electrons. The molecule has 3 unspecified atom stereocenters. The molecule has 22 heavy (non-hydrogen) atoms. The van der Waals surface area contributed by atoms with Gasteiger partial charge in [0.05, 0.1) is 17.2 Å². The summed E-state index contributed by atoms with van der Waals surface area (Å²) in [5.41, 5.74) is 0. The Morgan fingerprint density at radius 1 is 1.32 bits per heavy atom. The third-order valence-corrected chi connectivity index (χ3v) is 3.82. The highest BCUT2D eigenvalue weighted by atomic mass is 35.5. The molecular weight excluding hydrogens is 349 g/mol. The summed E-state index contributed by atoms with van der Waals surface area (Å²) >= 11 is 11.9. The molecule has 1 fully saturated rings. The normalized spacial score (nSPS) is 23.7. The molecule has 2 rings (SSSR count). The number of hydrogen-bond donors (Lipinski definition) is 1. The highest BCUT2D eigenvalue weighted by molar-refractivity contribution is 6.35. The van der Waals surface area contributed by atoms with Gasteiger partial charge in [-0.2, -0.15) is 0 Å². The minimum Gasteiger partial charge on any atom is -0.489 e. The number of β-amino-alcohol motifs (C(OH)–C–C–N with tert-alkyl or cyclic N) is 1. The first-order valence-electron chi connectivity index (χ1n) is 7.07. The lowest BCUT2D eigenvalue weighted by atomic mass is 10.2. The molecule has 1 aliphatic rings. The fraction of sp³-hybridized carbons (Fsp3) is 0.600.